The maximum Gasteiger partial charge on any atom is 0.0558 e. The Morgan fingerprint density at radius 3 is 1.79 bits per heavy atom. The average molecular weight is 357 g/mol. The Labute approximate surface area is 153 Å². The number of aliphatic hydroxyl groups is 1. The lowest BCUT2D eigenvalue weighted by atomic mass is 10.1. The summed E-state index contributed by atoms with van der Waals surface area (Å²) in [7, 11) is 0. The fraction of sp³-hybridized carbons (Fsp3) is 0.238. The molecule has 0 aliphatic carbocycles. The Kier molecular flexibility index (Phi) is 8.23. The minimum atomic E-state index is 0.220. The normalized spacial score (nSPS) is 11.9. The monoisotopic (exact) mass is 356 g/mol. The molecule has 2 rings (SSSR count). The molecule has 0 amide bonds. The van der Waals surface area contributed by atoms with Crippen LogP contribution < -0.4 is 0 Å². The van der Waals surface area contributed by atoms with E-state index in [1.807, 2.05) is 35.7 Å². The molecule has 0 aliphatic rings. The molecule has 0 aliphatic heterocycles. The molecule has 1 unspecified atom stereocenters. The van der Waals surface area contributed by atoms with Gasteiger partial charge in [0.25, 0.3) is 0 Å². The van der Waals surface area contributed by atoms with E-state index in [-0.39, 0.29) is 11.9 Å². The molecule has 1 N–H and O–H groups in total. The Morgan fingerprint density at radius 2 is 1.33 bits per heavy atom. The molecule has 0 radical (unpaired) electrons. The Bertz CT molecular complexity index is 632. The van der Waals surface area contributed by atoms with E-state index in [9.17, 15) is 5.11 Å². The lowest BCUT2D eigenvalue weighted by Gasteiger charge is -2.14. The summed E-state index contributed by atoms with van der Waals surface area (Å²) in [6, 6.07) is 16.9. The van der Waals surface area contributed by atoms with Crippen LogP contribution >= 0.6 is 23.5 Å². The maximum absolute atomic E-state index is 9.59. The molecule has 2 aromatic rings. The van der Waals surface area contributed by atoms with Crippen molar-refractivity contribution < 1.29 is 5.11 Å². The van der Waals surface area contributed by atoms with Crippen LogP contribution in [0.2, 0.25) is 0 Å². The maximum atomic E-state index is 9.59. The number of benzene rings is 2. The predicted octanol–water partition coefficient (Wildman–Crippen LogP) is 5.50. The topological polar surface area (TPSA) is 20.2 Å². The van der Waals surface area contributed by atoms with E-state index >= 15 is 0 Å². The summed E-state index contributed by atoms with van der Waals surface area (Å²) in [6.45, 7) is 7.76. The largest absolute Gasteiger partial charge is 0.395 e. The summed E-state index contributed by atoms with van der Waals surface area (Å²) in [4.78, 5) is 0. The smallest absolute Gasteiger partial charge is 0.0558 e. The highest BCUT2D eigenvalue weighted by molar-refractivity contribution is 8.02. The molecule has 0 bridgehead atoms. The lowest BCUT2D eigenvalue weighted by molar-refractivity contribution is 0.301. The number of thioether (sulfide) groups is 2. The molecule has 0 spiro atoms. The van der Waals surface area contributed by atoms with Crippen molar-refractivity contribution in [2.45, 2.75) is 16.8 Å². The highest BCUT2D eigenvalue weighted by Crippen LogP contribution is 2.23. The quantitative estimate of drug-likeness (QED) is 0.607. The number of hydrogen-bond donors (Lipinski definition) is 1. The summed E-state index contributed by atoms with van der Waals surface area (Å²) in [5.74, 6) is 2.86. The summed E-state index contributed by atoms with van der Waals surface area (Å²) in [5.41, 5.74) is 4.89. The van der Waals surface area contributed by atoms with E-state index in [4.69, 9.17) is 0 Å². The van der Waals surface area contributed by atoms with E-state index in [1.54, 1.807) is 0 Å². The van der Waals surface area contributed by atoms with Gasteiger partial charge in [-0.25, -0.2) is 0 Å². The molecular weight excluding hydrogens is 332 g/mol. The second-order valence-corrected chi connectivity index (χ2v) is 7.84. The van der Waals surface area contributed by atoms with Gasteiger partial charge in [-0.3, -0.25) is 0 Å². The Balaban J connectivity index is 1.74. The molecule has 2 aromatic carbocycles. The SMILES string of the molecule is C=Cc1ccc(CSCC(CO)SCc2ccc(C=C)cc2)cc1. The first kappa shape index (κ1) is 18.9. The molecule has 126 valence electrons. The third-order valence-corrected chi connectivity index (χ3v) is 6.37. The van der Waals surface area contributed by atoms with Crippen LogP contribution in [0, 0.1) is 0 Å². The van der Waals surface area contributed by atoms with Gasteiger partial charge in [0, 0.05) is 22.5 Å². The van der Waals surface area contributed by atoms with Gasteiger partial charge in [-0.15, -0.1) is 0 Å². The van der Waals surface area contributed by atoms with Crippen LogP contribution in [0.25, 0.3) is 12.2 Å². The molecule has 24 heavy (non-hydrogen) atoms. The molecule has 0 fully saturated rings. The third kappa shape index (κ3) is 6.23. The number of rotatable bonds is 10. The van der Waals surface area contributed by atoms with Crippen molar-refractivity contribution in [2.24, 2.45) is 0 Å². The lowest BCUT2D eigenvalue weighted by Crippen LogP contribution is -2.12. The number of hydrogen-bond acceptors (Lipinski definition) is 3. The van der Waals surface area contributed by atoms with Gasteiger partial charge in [-0.1, -0.05) is 73.8 Å². The summed E-state index contributed by atoms with van der Waals surface area (Å²) in [6.07, 6.45) is 3.71. The molecule has 3 heteroatoms. The zero-order chi connectivity index (χ0) is 17.2. The zero-order valence-electron chi connectivity index (χ0n) is 13.9. The van der Waals surface area contributed by atoms with E-state index in [0.717, 1.165) is 28.4 Å². The molecule has 1 atom stereocenters. The van der Waals surface area contributed by atoms with Crippen LogP contribution in [-0.2, 0) is 11.5 Å². The second kappa shape index (κ2) is 10.4. The van der Waals surface area contributed by atoms with E-state index < -0.39 is 0 Å². The van der Waals surface area contributed by atoms with Crippen LogP contribution in [0.3, 0.4) is 0 Å². The summed E-state index contributed by atoms with van der Waals surface area (Å²) >= 11 is 3.69. The van der Waals surface area contributed by atoms with Crippen molar-refractivity contribution >= 4 is 35.7 Å². The van der Waals surface area contributed by atoms with Crippen LogP contribution in [0.15, 0.2) is 61.7 Å². The first-order valence-corrected chi connectivity index (χ1v) is 10.2. The highest BCUT2D eigenvalue weighted by atomic mass is 32.2. The van der Waals surface area contributed by atoms with Gasteiger partial charge < -0.3 is 5.11 Å². The van der Waals surface area contributed by atoms with Crippen LogP contribution in [-0.4, -0.2) is 22.7 Å². The van der Waals surface area contributed by atoms with Gasteiger partial charge in [0.05, 0.1) is 6.61 Å². The highest BCUT2D eigenvalue weighted by Gasteiger charge is 2.09. The molecule has 0 saturated carbocycles. The van der Waals surface area contributed by atoms with Gasteiger partial charge in [-0.2, -0.15) is 23.5 Å². The van der Waals surface area contributed by atoms with Crippen molar-refractivity contribution in [2.75, 3.05) is 12.4 Å². The average Bonchev–Trinajstić information content (AvgIpc) is 2.65. The molecular formula is C21H24OS2. The van der Waals surface area contributed by atoms with Gasteiger partial charge >= 0.3 is 0 Å². The van der Waals surface area contributed by atoms with Gasteiger partial charge in [-0.05, 0) is 22.3 Å². The minimum Gasteiger partial charge on any atom is -0.395 e. The van der Waals surface area contributed by atoms with Crippen LogP contribution in [0.4, 0.5) is 0 Å². The summed E-state index contributed by atoms with van der Waals surface area (Å²) in [5, 5.41) is 9.86. The van der Waals surface area contributed by atoms with E-state index in [2.05, 4.69) is 61.7 Å². The first-order chi connectivity index (χ1) is 11.7. The van der Waals surface area contributed by atoms with Crippen molar-refractivity contribution in [1.29, 1.82) is 0 Å². The van der Waals surface area contributed by atoms with Gasteiger partial charge in [0.1, 0.15) is 0 Å². The van der Waals surface area contributed by atoms with Crippen molar-refractivity contribution in [3.8, 4) is 0 Å². The second-order valence-electron chi connectivity index (χ2n) is 5.52. The Hall–Kier alpha value is -1.42. The summed E-state index contributed by atoms with van der Waals surface area (Å²) < 4.78 is 0. The third-order valence-electron chi connectivity index (χ3n) is 3.69. The molecule has 0 saturated heterocycles. The zero-order valence-corrected chi connectivity index (χ0v) is 15.5. The molecule has 1 nitrogen and oxygen atoms in total. The standard InChI is InChI=1S/C21H24OS2/c1-3-17-5-9-19(10-6-17)14-23-16-21(13-22)24-15-20-11-7-18(4-2)8-12-20/h3-12,21-22H,1-2,13-16H2. The Morgan fingerprint density at radius 1 is 0.833 bits per heavy atom. The van der Waals surface area contributed by atoms with E-state index in [0.29, 0.717) is 0 Å². The number of aliphatic hydroxyl groups excluding tert-OH is 1. The van der Waals surface area contributed by atoms with Crippen molar-refractivity contribution in [3.05, 3.63) is 83.9 Å². The molecule has 0 aromatic heterocycles. The molecule has 0 heterocycles. The first-order valence-electron chi connectivity index (χ1n) is 7.98. The van der Waals surface area contributed by atoms with Crippen molar-refractivity contribution in [3.63, 3.8) is 0 Å². The van der Waals surface area contributed by atoms with Gasteiger partial charge in [0.2, 0.25) is 0 Å². The van der Waals surface area contributed by atoms with E-state index in [1.165, 1.54) is 11.1 Å². The van der Waals surface area contributed by atoms with Crippen LogP contribution in [0.5, 0.6) is 0 Å². The van der Waals surface area contributed by atoms with Crippen LogP contribution in [0.1, 0.15) is 22.3 Å². The van der Waals surface area contributed by atoms with Gasteiger partial charge in [0.15, 0.2) is 0 Å². The fourth-order valence-electron chi connectivity index (χ4n) is 2.18. The predicted molar refractivity (Wildman–Crippen MR) is 111 cm³/mol. The fourth-order valence-corrected chi connectivity index (χ4v) is 4.49. The van der Waals surface area contributed by atoms with Crippen molar-refractivity contribution in [1.82, 2.24) is 0 Å². The minimum absolute atomic E-state index is 0.220.